The lowest BCUT2D eigenvalue weighted by atomic mass is 9.89. The molecule has 0 aromatic heterocycles. The Kier molecular flexibility index (Phi) is 7.02. The summed E-state index contributed by atoms with van der Waals surface area (Å²) in [4.78, 5) is 12.8. The maximum absolute atomic E-state index is 12.8. The van der Waals surface area contributed by atoms with Crippen LogP contribution < -0.4 is 14.4 Å². The topological polar surface area (TPSA) is 75.7 Å². The number of aryl methyl sites for hydroxylation is 2. The minimum absolute atomic E-state index is 0.163. The van der Waals surface area contributed by atoms with Crippen LogP contribution in [0.5, 0.6) is 5.75 Å². The first-order valence-corrected chi connectivity index (χ1v) is 12.2. The summed E-state index contributed by atoms with van der Waals surface area (Å²) in [5.74, 6) is 0.0494. The third kappa shape index (κ3) is 5.14. The van der Waals surface area contributed by atoms with Crippen molar-refractivity contribution < 1.29 is 17.9 Å². The van der Waals surface area contributed by atoms with Crippen LogP contribution in [0.2, 0.25) is 0 Å². The van der Waals surface area contributed by atoms with Gasteiger partial charge < -0.3 is 10.1 Å². The summed E-state index contributed by atoms with van der Waals surface area (Å²) in [6.07, 6.45) is 6.42. The van der Waals surface area contributed by atoms with Gasteiger partial charge in [-0.2, -0.15) is 0 Å². The quantitative estimate of drug-likeness (QED) is 0.694. The second-order valence-electron chi connectivity index (χ2n) is 7.71. The van der Waals surface area contributed by atoms with Crippen molar-refractivity contribution in [2.24, 2.45) is 0 Å². The number of carbonyl (C=O) groups excluding carboxylic acids is 1. The van der Waals surface area contributed by atoms with Crippen molar-refractivity contribution in [1.29, 1.82) is 0 Å². The molecule has 0 saturated carbocycles. The van der Waals surface area contributed by atoms with Crippen LogP contribution in [0, 0.1) is 0 Å². The van der Waals surface area contributed by atoms with E-state index in [-0.39, 0.29) is 18.5 Å². The van der Waals surface area contributed by atoms with Crippen LogP contribution >= 0.6 is 0 Å². The Morgan fingerprint density at radius 3 is 2.50 bits per heavy atom. The second-order valence-corrected chi connectivity index (χ2v) is 9.61. The Labute approximate surface area is 179 Å². The smallest absolute Gasteiger partial charge is 0.241 e. The molecule has 7 heteroatoms. The molecule has 0 spiro atoms. The Morgan fingerprint density at radius 2 is 1.83 bits per heavy atom. The predicted octanol–water partition coefficient (Wildman–Crippen LogP) is 3.61. The van der Waals surface area contributed by atoms with Crippen LogP contribution in [0.15, 0.2) is 42.5 Å². The molecule has 1 atom stereocenters. The van der Waals surface area contributed by atoms with Crippen molar-refractivity contribution in [3.63, 3.8) is 0 Å². The summed E-state index contributed by atoms with van der Waals surface area (Å²) in [5.41, 5.74) is 4.16. The average molecular weight is 431 g/mol. The number of carbonyl (C=O) groups is 1. The van der Waals surface area contributed by atoms with E-state index < -0.39 is 10.0 Å². The molecule has 1 amide bonds. The summed E-state index contributed by atoms with van der Waals surface area (Å²) in [7, 11) is -2.20. The van der Waals surface area contributed by atoms with E-state index >= 15 is 0 Å². The normalized spacial score (nSPS) is 14.5. The zero-order chi connectivity index (χ0) is 21.7. The Morgan fingerprint density at radius 1 is 1.13 bits per heavy atom. The standard InChI is InChI=1S/C23H30N2O4S/c1-4-20(19-14-13-17-9-5-6-10-18(17)15-19)24-23(26)16-25(30(3,27)28)21-11-7-8-12-22(21)29-2/h7-8,11-15,20H,4-6,9-10,16H2,1-3H3,(H,24,26). The van der Waals surface area contributed by atoms with Crippen LogP contribution in [0.3, 0.4) is 0 Å². The first kappa shape index (κ1) is 22.2. The summed E-state index contributed by atoms with van der Waals surface area (Å²) in [6, 6.07) is 13.0. The van der Waals surface area contributed by atoms with Crippen LogP contribution in [-0.4, -0.2) is 34.2 Å². The van der Waals surface area contributed by atoms with Gasteiger partial charge in [-0.25, -0.2) is 8.42 Å². The van der Waals surface area contributed by atoms with Gasteiger partial charge in [0.1, 0.15) is 12.3 Å². The predicted molar refractivity (Wildman–Crippen MR) is 119 cm³/mol. The minimum Gasteiger partial charge on any atom is -0.495 e. The molecule has 2 aromatic rings. The van der Waals surface area contributed by atoms with Gasteiger partial charge in [-0.3, -0.25) is 9.10 Å². The number of methoxy groups -OCH3 is 1. The highest BCUT2D eigenvalue weighted by molar-refractivity contribution is 7.92. The molecular weight excluding hydrogens is 400 g/mol. The first-order valence-electron chi connectivity index (χ1n) is 10.3. The number of sulfonamides is 1. The fourth-order valence-corrected chi connectivity index (χ4v) is 4.84. The number of rotatable bonds is 8. The van der Waals surface area contributed by atoms with E-state index in [1.54, 1.807) is 24.3 Å². The highest BCUT2D eigenvalue weighted by Crippen LogP contribution is 2.30. The summed E-state index contributed by atoms with van der Waals surface area (Å²) >= 11 is 0. The number of amides is 1. The number of nitrogens with zero attached hydrogens (tertiary/aromatic N) is 1. The largest absolute Gasteiger partial charge is 0.495 e. The molecule has 3 rings (SSSR count). The molecule has 0 heterocycles. The second kappa shape index (κ2) is 9.51. The van der Waals surface area contributed by atoms with Crippen molar-refractivity contribution in [2.75, 3.05) is 24.2 Å². The Bertz CT molecular complexity index is 1000. The summed E-state index contributed by atoms with van der Waals surface area (Å²) < 4.78 is 31.2. The molecule has 0 bridgehead atoms. The number of ether oxygens (including phenoxy) is 1. The van der Waals surface area contributed by atoms with E-state index in [9.17, 15) is 13.2 Å². The van der Waals surface area contributed by atoms with Crippen LogP contribution in [0.1, 0.15) is 48.9 Å². The van der Waals surface area contributed by atoms with E-state index in [2.05, 4.69) is 23.5 Å². The van der Waals surface area contributed by atoms with E-state index in [0.717, 1.165) is 35.4 Å². The number of anilines is 1. The zero-order valence-electron chi connectivity index (χ0n) is 17.8. The van der Waals surface area contributed by atoms with Gasteiger partial charge in [0.25, 0.3) is 0 Å². The summed E-state index contributed by atoms with van der Waals surface area (Å²) in [5, 5.41) is 3.01. The van der Waals surface area contributed by atoms with Gasteiger partial charge in [-0.1, -0.05) is 37.3 Å². The number of benzene rings is 2. The molecular formula is C23H30N2O4S. The number of hydrogen-bond donors (Lipinski definition) is 1. The summed E-state index contributed by atoms with van der Waals surface area (Å²) in [6.45, 7) is 1.71. The molecule has 2 aromatic carbocycles. The maximum atomic E-state index is 12.8. The number of nitrogens with one attached hydrogen (secondary N) is 1. The lowest BCUT2D eigenvalue weighted by Crippen LogP contribution is -2.41. The lowest BCUT2D eigenvalue weighted by Gasteiger charge is -2.26. The number of para-hydroxylation sites is 2. The van der Waals surface area contributed by atoms with Gasteiger partial charge in [-0.15, -0.1) is 0 Å². The van der Waals surface area contributed by atoms with Gasteiger partial charge in [0.15, 0.2) is 0 Å². The molecule has 30 heavy (non-hydrogen) atoms. The van der Waals surface area contributed by atoms with Gasteiger partial charge in [-0.05, 0) is 60.9 Å². The molecule has 162 valence electrons. The van der Waals surface area contributed by atoms with E-state index in [1.807, 2.05) is 6.92 Å². The molecule has 1 N–H and O–H groups in total. The van der Waals surface area contributed by atoms with Crippen molar-refractivity contribution in [1.82, 2.24) is 5.32 Å². The van der Waals surface area contributed by atoms with Crippen LogP contribution in [-0.2, 0) is 27.7 Å². The lowest BCUT2D eigenvalue weighted by molar-refractivity contribution is -0.120. The van der Waals surface area contributed by atoms with Crippen molar-refractivity contribution in [3.05, 3.63) is 59.2 Å². The number of hydrogen-bond acceptors (Lipinski definition) is 4. The van der Waals surface area contributed by atoms with E-state index in [4.69, 9.17) is 4.74 Å². The highest BCUT2D eigenvalue weighted by Gasteiger charge is 2.25. The average Bonchev–Trinajstić information content (AvgIpc) is 2.74. The van der Waals surface area contributed by atoms with Crippen molar-refractivity contribution >= 4 is 21.6 Å². The van der Waals surface area contributed by atoms with Crippen LogP contribution in [0.25, 0.3) is 0 Å². The maximum Gasteiger partial charge on any atom is 0.241 e. The molecule has 1 aliphatic rings. The molecule has 0 saturated heterocycles. The molecule has 6 nitrogen and oxygen atoms in total. The van der Waals surface area contributed by atoms with E-state index in [1.165, 1.54) is 31.1 Å². The molecule has 0 radical (unpaired) electrons. The SMILES string of the molecule is CCC(NC(=O)CN(c1ccccc1OC)S(C)(=O)=O)c1ccc2c(c1)CCCC2. The fraction of sp³-hybridized carbons (Fsp3) is 0.435. The zero-order valence-corrected chi connectivity index (χ0v) is 18.7. The van der Waals surface area contributed by atoms with Crippen molar-refractivity contribution in [3.8, 4) is 5.75 Å². The number of fused-ring (bicyclic) bond motifs is 1. The molecule has 1 unspecified atom stereocenters. The van der Waals surface area contributed by atoms with Gasteiger partial charge in [0.05, 0.1) is 25.1 Å². The monoisotopic (exact) mass is 430 g/mol. The molecule has 0 aliphatic heterocycles. The third-order valence-electron chi connectivity index (χ3n) is 5.56. The molecule has 1 aliphatic carbocycles. The molecule has 0 fully saturated rings. The fourth-order valence-electron chi connectivity index (χ4n) is 3.98. The first-order chi connectivity index (χ1) is 14.3. The van der Waals surface area contributed by atoms with Crippen molar-refractivity contribution in [2.45, 2.75) is 45.1 Å². The van der Waals surface area contributed by atoms with Gasteiger partial charge in [0, 0.05) is 0 Å². The highest BCUT2D eigenvalue weighted by atomic mass is 32.2. The Balaban J connectivity index is 1.79. The minimum atomic E-state index is -3.67. The van der Waals surface area contributed by atoms with E-state index in [0.29, 0.717) is 11.4 Å². The van der Waals surface area contributed by atoms with Crippen LogP contribution in [0.4, 0.5) is 5.69 Å². The van der Waals surface area contributed by atoms with Gasteiger partial charge in [0.2, 0.25) is 15.9 Å². The van der Waals surface area contributed by atoms with Gasteiger partial charge >= 0.3 is 0 Å². The Hall–Kier alpha value is -2.54. The third-order valence-corrected chi connectivity index (χ3v) is 6.69.